The summed E-state index contributed by atoms with van der Waals surface area (Å²) in [6, 6.07) is 6.89. The standard InChI is InChI=1S/C22H28N2O6/c1-24(12-19(25)23-17-7-4-8-18(11-17)29-2)20(26)13-30-22(28)16-9-14-5-3-6-15(10-16)21(14)27/h4,7-8,11,14-16H,3,5-6,9-10,12-13H2,1-2H3,(H,23,25)/t14-,15-/m1/s1. The highest BCUT2D eigenvalue weighted by Gasteiger charge is 2.41. The van der Waals surface area contributed by atoms with E-state index in [1.54, 1.807) is 24.3 Å². The van der Waals surface area contributed by atoms with Gasteiger partial charge in [-0.25, -0.2) is 0 Å². The summed E-state index contributed by atoms with van der Waals surface area (Å²) in [5, 5.41) is 2.69. The molecule has 0 radical (unpaired) electrons. The van der Waals surface area contributed by atoms with E-state index in [2.05, 4.69) is 5.32 Å². The number of Topliss-reactive ketones (excluding diaryl/α,β-unsaturated/α-hetero) is 1. The zero-order chi connectivity index (χ0) is 21.7. The Morgan fingerprint density at radius 3 is 2.53 bits per heavy atom. The first-order valence-corrected chi connectivity index (χ1v) is 10.3. The molecule has 1 aromatic carbocycles. The Morgan fingerprint density at radius 1 is 1.17 bits per heavy atom. The number of ether oxygens (including phenoxy) is 2. The molecular weight excluding hydrogens is 388 g/mol. The van der Waals surface area contributed by atoms with Gasteiger partial charge in [0, 0.05) is 30.6 Å². The average Bonchev–Trinajstić information content (AvgIpc) is 2.71. The Morgan fingerprint density at radius 2 is 1.87 bits per heavy atom. The molecule has 2 aliphatic carbocycles. The van der Waals surface area contributed by atoms with Gasteiger partial charge < -0.3 is 19.7 Å². The molecule has 2 atom stereocenters. The maximum atomic E-state index is 12.4. The van der Waals surface area contributed by atoms with Crippen LogP contribution in [0.25, 0.3) is 0 Å². The third-order valence-corrected chi connectivity index (χ3v) is 5.88. The van der Waals surface area contributed by atoms with Crippen molar-refractivity contribution in [3.05, 3.63) is 24.3 Å². The summed E-state index contributed by atoms with van der Waals surface area (Å²) in [6.07, 6.45) is 3.73. The van der Waals surface area contributed by atoms with Crippen molar-refractivity contribution in [1.29, 1.82) is 0 Å². The van der Waals surface area contributed by atoms with Gasteiger partial charge in [-0.2, -0.15) is 0 Å². The largest absolute Gasteiger partial charge is 0.497 e. The van der Waals surface area contributed by atoms with Crippen molar-refractivity contribution >= 4 is 29.3 Å². The molecule has 0 unspecified atom stereocenters. The zero-order valence-corrected chi connectivity index (χ0v) is 17.4. The molecule has 2 bridgehead atoms. The number of esters is 1. The first-order chi connectivity index (χ1) is 14.4. The van der Waals surface area contributed by atoms with Crippen molar-refractivity contribution < 1.29 is 28.7 Å². The van der Waals surface area contributed by atoms with E-state index in [-0.39, 0.29) is 36.0 Å². The van der Waals surface area contributed by atoms with Crippen LogP contribution in [0.1, 0.15) is 32.1 Å². The van der Waals surface area contributed by atoms with Crippen LogP contribution in [0.2, 0.25) is 0 Å². The Balaban J connectivity index is 1.43. The van der Waals surface area contributed by atoms with Crippen molar-refractivity contribution in [2.45, 2.75) is 32.1 Å². The number of benzene rings is 1. The van der Waals surface area contributed by atoms with E-state index in [1.165, 1.54) is 19.1 Å². The van der Waals surface area contributed by atoms with E-state index in [4.69, 9.17) is 9.47 Å². The smallest absolute Gasteiger partial charge is 0.309 e. The minimum absolute atomic E-state index is 0.0475. The number of amides is 2. The predicted molar refractivity (Wildman–Crippen MR) is 109 cm³/mol. The number of hydrogen-bond acceptors (Lipinski definition) is 6. The van der Waals surface area contributed by atoms with Gasteiger partial charge in [-0.05, 0) is 37.8 Å². The number of carbonyl (C=O) groups excluding carboxylic acids is 4. The fourth-order valence-electron chi connectivity index (χ4n) is 4.24. The summed E-state index contributed by atoms with van der Waals surface area (Å²) in [5.74, 6) is -0.793. The van der Waals surface area contributed by atoms with Gasteiger partial charge in [0.1, 0.15) is 11.5 Å². The Labute approximate surface area is 175 Å². The molecule has 2 aliphatic rings. The van der Waals surface area contributed by atoms with Crippen LogP contribution in [0.4, 0.5) is 5.69 Å². The first-order valence-electron chi connectivity index (χ1n) is 10.3. The van der Waals surface area contributed by atoms with Crippen molar-refractivity contribution in [2.75, 3.05) is 32.6 Å². The van der Waals surface area contributed by atoms with Crippen LogP contribution in [-0.2, 0) is 23.9 Å². The number of rotatable bonds is 7. The number of carbonyl (C=O) groups is 4. The minimum atomic E-state index is -0.462. The molecule has 30 heavy (non-hydrogen) atoms. The second-order valence-electron chi connectivity index (χ2n) is 8.03. The summed E-state index contributed by atoms with van der Waals surface area (Å²) in [4.78, 5) is 50.2. The molecule has 0 aromatic heterocycles. The zero-order valence-electron chi connectivity index (χ0n) is 17.4. The van der Waals surface area contributed by atoms with Crippen LogP contribution in [0.15, 0.2) is 24.3 Å². The molecule has 0 saturated heterocycles. The fourth-order valence-corrected chi connectivity index (χ4v) is 4.24. The van der Waals surface area contributed by atoms with Crippen molar-refractivity contribution in [3.63, 3.8) is 0 Å². The van der Waals surface area contributed by atoms with E-state index < -0.39 is 18.5 Å². The minimum Gasteiger partial charge on any atom is -0.497 e. The lowest BCUT2D eigenvalue weighted by molar-refractivity contribution is -0.158. The predicted octanol–water partition coefficient (Wildman–Crippen LogP) is 2.03. The molecule has 0 heterocycles. The van der Waals surface area contributed by atoms with Gasteiger partial charge >= 0.3 is 5.97 Å². The van der Waals surface area contributed by atoms with E-state index in [0.717, 1.165) is 19.3 Å². The molecule has 2 saturated carbocycles. The molecule has 2 amide bonds. The number of nitrogens with zero attached hydrogens (tertiary/aromatic N) is 1. The number of methoxy groups -OCH3 is 1. The fraction of sp³-hybridized carbons (Fsp3) is 0.545. The Bertz CT molecular complexity index is 808. The van der Waals surface area contributed by atoms with Gasteiger partial charge in [0.05, 0.1) is 19.6 Å². The van der Waals surface area contributed by atoms with E-state index in [1.807, 2.05) is 0 Å². The van der Waals surface area contributed by atoms with Gasteiger partial charge in [-0.3, -0.25) is 19.2 Å². The molecule has 8 heteroatoms. The van der Waals surface area contributed by atoms with Gasteiger partial charge in [-0.15, -0.1) is 0 Å². The molecule has 0 aliphatic heterocycles. The Kier molecular flexibility index (Phi) is 7.07. The SMILES string of the molecule is COc1cccc(NC(=O)CN(C)C(=O)COC(=O)C2C[C@H]3CCC[C@H](C2)C3=O)c1. The number of likely N-dealkylation sites (N-methyl/N-ethyl adjacent to an activating group) is 1. The lowest BCUT2D eigenvalue weighted by Gasteiger charge is -2.36. The average molecular weight is 416 g/mol. The van der Waals surface area contributed by atoms with Gasteiger partial charge in [0.25, 0.3) is 5.91 Å². The van der Waals surface area contributed by atoms with Gasteiger partial charge in [0.2, 0.25) is 5.91 Å². The third kappa shape index (κ3) is 5.37. The molecule has 162 valence electrons. The highest BCUT2D eigenvalue weighted by molar-refractivity contribution is 5.95. The molecule has 0 spiro atoms. The summed E-state index contributed by atoms with van der Waals surface area (Å²) >= 11 is 0. The monoisotopic (exact) mass is 416 g/mol. The number of hydrogen-bond donors (Lipinski definition) is 1. The van der Waals surface area contributed by atoms with Crippen molar-refractivity contribution in [1.82, 2.24) is 4.90 Å². The molecule has 3 rings (SSSR count). The highest BCUT2D eigenvalue weighted by atomic mass is 16.5. The lowest BCUT2D eigenvalue weighted by atomic mass is 9.67. The van der Waals surface area contributed by atoms with Gasteiger partial charge in [0.15, 0.2) is 6.61 Å². The normalized spacial score (nSPS) is 22.7. The molecular formula is C22H28N2O6. The van der Waals surface area contributed by atoms with Crippen LogP contribution < -0.4 is 10.1 Å². The van der Waals surface area contributed by atoms with E-state index in [9.17, 15) is 19.2 Å². The van der Waals surface area contributed by atoms with Crippen LogP contribution >= 0.6 is 0 Å². The summed E-state index contributed by atoms with van der Waals surface area (Å²) in [7, 11) is 3.01. The van der Waals surface area contributed by atoms with Crippen LogP contribution in [-0.4, -0.2) is 55.8 Å². The molecule has 8 nitrogen and oxygen atoms in total. The van der Waals surface area contributed by atoms with Crippen LogP contribution in [0, 0.1) is 17.8 Å². The molecule has 1 N–H and O–H groups in total. The second kappa shape index (κ2) is 9.73. The number of fused-ring (bicyclic) bond motifs is 2. The molecule has 2 fully saturated rings. The topological polar surface area (TPSA) is 102 Å². The third-order valence-electron chi connectivity index (χ3n) is 5.88. The van der Waals surface area contributed by atoms with Crippen LogP contribution in [0.5, 0.6) is 5.75 Å². The summed E-state index contributed by atoms with van der Waals surface area (Å²) in [6.45, 7) is -0.586. The van der Waals surface area contributed by atoms with E-state index in [0.29, 0.717) is 24.3 Å². The Hall–Kier alpha value is -2.90. The number of nitrogens with one attached hydrogen (secondary N) is 1. The van der Waals surface area contributed by atoms with Gasteiger partial charge in [-0.1, -0.05) is 12.5 Å². The second-order valence-corrected chi connectivity index (χ2v) is 8.03. The van der Waals surface area contributed by atoms with Crippen molar-refractivity contribution in [2.24, 2.45) is 17.8 Å². The first kappa shape index (κ1) is 21.8. The maximum absolute atomic E-state index is 12.4. The number of ketones is 1. The van der Waals surface area contributed by atoms with Crippen molar-refractivity contribution in [3.8, 4) is 5.75 Å². The quantitative estimate of drug-likeness (QED) is 0.683. The highest BCUT2D eigenvalue weighted by Crippen LogP contribution is 2.40. The van der Waals surface area contributed by atoms with E-state index >= 15 is 0 Å². The lowest BCUT2D eigenvalue weighted by Crippen LogP contribution is -2.41. The van der Waals surface area contributed by atoms with Crippen LogP contribution in [0.3, 0.4) is 0 Å². The molecule has 1 aromatic rings. The summed E-state index contributed by atoms with van der Waals surface area (Å²) in [5.41, 5.74) is 0.559. The maximum Gasteiger partial charge on any atom is 0.309 e. The number of anilines is 1. The summed E-state index contributed by atoms with van der Waals surface area (Å²) < 4.78 is 10.3.